The monoisotopic (exact) mass is 461 g/mol. The molecule has 1 aliphatic heterocycles. The predicted octanol–water partition coefficient (Wildman–Crippen LogP) is 4.87. The zero-order chi connectivity index (χ0) is 23.9. The Labute approximate surface area is 204 Å². The van der Waals surface area contributed by atoms with E-state index in [2.05, 4.69) is 39.8 Å². The Kier molecular flexibility index (Phi) is 5.31. The van der Waals surface area contributed by atoms with Crippen LogP contribution in [0.3, 0.4) is 0 Å². The molecule has 1 saturated heterocycles. The second-order valence-electron chi connectivity index (χ2n) is 9.62. The summed E-state index contributed by atoms with van der Waals surface area (Å²) in [7, 11) is 4.13. The van der Waals surface area contributed by atoms with Crippen LogP contribution in [0.25, 0.3) is 44.3 Å². The summed E-state index contributed by atoms with van der Waals surface area (Å²) in [5.74, 6) is 0.648. The highest BCUT2D eigenvalue weighted by Crippen LogP contribution is 2.37. The Morgan fingerprint density at radius 1 is 1.00 bits per heavy atom. The third-order valence-corrected chi connectivity index (χ3v) is 7.16. The van der Waals surface area contributed by atoms with Crippen molar-refractivity contribution in [2.24, 2.45) is 13.0 Å². The molecule has 0 unspecified atom stereocenters. The number of hydrogen-bond donors (Lipinski definition) is 0. The van der Waals surface area contributed by atoms with Crippen LogP contribution in [0.2, 0.25) is 0 Å². The largest absolute Gasteiger partial charge is 0.329 e. The maximum atomic E-state index is 9.29. The lowest BCUT2D eigenvalue weighted by atomic mass is 9.96. The number of pyridine rings is 1. The Morgan fingerprint density at radius 2 is 1.77 bits per heavy atom. The van der Waals surface area contributed by atoms with E-state index in [0.29, 0.717) is 11.5 Å². The number of imidazole rings is 1. The van der Waals surface area contributed by atoms with Crippen molar-refractivity contribution in [3.8, 4) is 28.5 Å². The van der Waals surface area contributed by atoms with Crippen molar-refractivity contribution in [1.29, 1.82) is 5.26 Å². The molecule has 0 spiro atoms. The molecule has 174 valence electrons. The molecule has 3 aromatic heterocycles. The summed E-state index contributed by atoms with van der Waals surface area (Å²) in [5.41, 5.74) is 7.51. The van der Waals surface area contributed by atoms with Gasteiger partial charge >= 0.3 is 0 Å². The predicted molar refractivity (Wildman–Crippen MR) is 138 cm³/mol. The second-order valence-corrected chi connectivity index (χ2v) is 9.62. The average molecular weight is 462 g/mol. The third-order valence-electron chi connectivity index (χ3n) is 7.16. The molecule has 0 bridgehead atoms. The van der Waals surface area contributed by atoms with Gasteiger partial charge < -0.3 is 9.47 Å². The van der Waals surface area contributed by atoms with Crippen LogP contribution >= 0.6 is 0 Å². The standard InChI is InChI=1S/C28H27N7/c1-33-11-9-20(10-12-33)16-35-18-31-28-25(35)15-30-27(26(28)21-5-3-19(14-29)4-6-21)22-7-8-24-23(13-22)17-34(2)32-24/h3-8,13,15,17-18,20H,9-12,16H2,1-2H3. The molecule has 0 amide bonds. The van der Waals surface area contributed by atoms with Crippen molar-refractivity contribution in [1.82, 2.24) is 29.2 Å². The van der Waals surface area contributed by atoms with Crippen LogP contribution in [-0.2, 0) is 13.6 Å². The van der Waals surface area contributed by atoms with Crippen LogP contribution in [-0.4, -0.2) is 49.4 Å². The summed E-state index contributed by atoms with van der Waals surface area (Å²) in [6.07, 6.45) is 8.36. The van der Waals surface area contributed by atoms with Crippen LogP contribution in [0.5, 0.6) is 0 Å². The lowest BCUT2D eigenvalue weighted by molar-refractivity contribution is 0.206. The van der Waals surface area contributed by atoms with Crippen molar-refractivity contribution in [2.45, 2.75) is 19.4 Å². The number of rotatable bonds is 4. The second kappa shape index (κ2) is 8.64. The van der Waals surface area contributed by atoms with Gasteiger partial charge in [0, 0.05) is 36.3 Å². The highest BCUT2D eigenvalue weighted by Gasteiger charge is 2.21. The minimum atomic E-state index is 0.639. The molecule has 1 fully saturated rings. The highest BCUT2D eigenvalue weighted by molar-refractivity contribution is 6.00. The molecule has 0 radical (unpaired) electrons. The van der Waals surface area contributed by atoms with E-state index >= 15 is 0 Å². The summed E-state index contributed by atoms with van der Waals surface area (Å²) in [6, 6.07) is 16.2. The van der Waals surface area contributed by atoms with E-state index in [1.54, 1.807) is 0 Å². The van der Waals surface area contributed by atoms with Gasteiger partial charge in [-0.15, -0.1) is 0 Å². The van der Waals surface area contributed by atoms with Gasteiger partial charge in [-0.1, -0.05) is 18.2 Å². The molecule has 7 nitrogen and oxygen atoms in total. The van der Waals surface area contributed by atoms with Crippen molar-refractivity contribution >= 4 is 21.9 Å². The summed E-state index contributed by atoms with van der Waals surface area (Å²) in [5, 5.41) is 14.9. The molecule has 35 heavy (non-hydrogen) atoms. The van der Waals surface area contributed by atoms with Gasteiger partial charge in [0.1, 0.15) is 5.52 Å². The van der Waals surface area contributed by atoms with Gasteiger partial charge in [0.2, 0.25) is 0 Å². The van der Waals surface area contributed by atoms with Crippen molar-refractivity contribution in [3.63, 3.8) is 0 Å². The molecule has 7 heteroatoms. The molecular weight excluding hydrogens is 434 g/mol. The number of nitriles is 1. The van der Waals surface area contributed by atoms with E-state index in [1.165, 1.54) is 12.8 Å². The van der Waals surface area contributed by atoms with Crippen LogP contribution in [0.15, 0.2) is 61.2 Å². The molecule has 2 aromatic carbocycles. The van der Waals surface area contributed by atoms with Gasteiger partial charge in [0.15, 0.2) is 0 Å². The Balaban J connectivity index is 1.49. The number of fused-ring (bicyclic) bond motifs is 2. The van der Waals surface area contributed by atoms with Gasteiger partial charge in [-0.3, -0.25) is 9.67 Å². The molecule has 0 saturated carbocycles. The van der Waals surface area contributed by atoms with E-state index in [1.807, 2.05) is 60.8 Å². The SMILES string of the molecule is CN1CCC(Cn2cnc3c(-c4ccc(C#N)cc4)c(-c4ccc5nn(C)cc5c4)ncc32)CC1. The number of aryl methyl sites for hydroxylation is 1. The number of nitrogens with zero attached hydrogens (tertiary/aromatic N) is 7. The zero-order valence-electron chi connectivity index (χ0n) is 20.0. The number of aromatic nitrogens is 5. The topological polar surface area (TPSA) is 75.6 Å². The number of benzene rings is 2. The molecule has 0 aliphatic carbocycles. The molecule has 0 N–H and O–H groups in total. The van der Waals surface area contributed by atoms with E-state index < -0.39 is 0 Å². The molecule has 0 atom stereocenters. The first-order valence-electron chi connectivity index (χ1n) is 12.1. The normalized spacial score (nSPS) is 15.1. The first kappa shape index (κ1) is 21.5. The molecule has 5 aromatic rings. The molecule has 4 heterocycles. The van der Waals surface area contributed by atoms with Gasteiger partial charge in [0.05, 0.1) is 40.9 Å². The molecular formula is C28H27N7. The fourth-order valence-electron chi connectivity index (χ4n) is 5.19. The van der Waals surface area contributed by atoms with Crippen LogP contribution < -0.4 is 0 Å². The van der Waals surface area contributed by atoms with Crippen LogP contribution in [0, 0.1) is 17.2 Å². The van der Waals surface area contributed by atoms with Gasteiger partial charge in [-0.2, -0.15) is 10.4 Å². The summed E-state index contributed by atoms with van der Waals surface area (Å²) >= 11 is 0. The van der Waals surface area contributed by atoms with Gasteiger partial charge in [-0.25, -0.2) is 4.98 Å². The van der Waals surface area contributed by atoms with E-state index in [0.717, 1.165) is 64.0 Å². The lowest BCUT2D eigenvalue weighted by Gasteiger charge is -2.29. The van der Waals surface area contributed by atoms with E-state index in [-0.39, 0.29) is 0 Å². The zero-order valence-corrected chi connectivity index (χ0v) is 20.0. The summed E-state index contributed by atoms with van der Waals surface area (Å²) in [6.45, 7) is 3.25. The molecule has 6 rings (SSSR count). The molecule has 1 aliphatic rings. The average Bonchev–Trinajstić information content (AvgIpc) is 3.46. The maximum Gasteiger partial charge on any atom is 0.100 e. The fraction of sp³-hybridized carbons (Fsp3) is 0.286. The number of piperidine rings is 1. The highest BCUT2D eigenvalue weighted by atomic mass is 15.2. The maximum absolute atomic E-state index is 9.29. The minimum absolute atomic E-state index is 0.639. The van der Waals surface area contributed by atoms with Gasteiger partial charge in [-0.05, 0) is 68.7 Å². The quantitative estimate of drug-likeness (QED) is 0.382. The van der Waals surface area contributed by atoms with E-state index in [9.17, 15) is 5.26 Å². The number of hydrogen-bond acceptors (Lipinski definition) is 5. The first-order valence-corrected chi connectivity index (χ1v) is 12.1. The van der Waals surface area contributed by atoms with Gasteiger partial charge in [0.25, 0.3) is 0 Å². The first-order chi connectivity index (χ1) is 17.1. The summed E-state index contributed by atoms with van der Waals surface area (Å²) in [4.78, 5) is 12.3. The summed E-state index contributed by atoms with van der Waals surface area (Å²) < 4.78 is 4.09. The lowest BCUT2D eigenvalue weighted by Crippen LogP contribution is -2.31. The van der Waals surface area contributed by atoms with Crippen LogP contribution in [0.4, 0.5) is 0 Å². The Hall–Kier alpha value is -4.02. The fourth-order valence-corrected chi connectivity index (χ4v) is 5.19. The van der Waals surface area contributed by atoms with Crippen LogP contribution in [0.1, 0.15) is 18.4 Å². The minimum Gasteiger partial charge on any atom is -0.329 e. The van der Waals surface area contributed by atoms with Crippen molar-refractivity contribution in [3.05, 3.63) is 66.7 Å². The third kappa shape index (κ3) is 3.96. The smallest absolute Gasteiger partial charge is 0.100 e. The number of likely N-dealkylation sites (tertiary alicyclic amines) is 1. The van der Waals surface area contributed by atoms with Crippen molar-refractivity contribution < 1.29 is 0 Å². The van der Waals surface area contributed by atoms with Crippen molar-refractivity contribution in [2.75, 3.05) is 20.1 Å². The Morgan fingerprint density at radius 3 is 2.54 bits per heavy atom. The Bertz CT molecular complexity index is 1560. The van der Waals surface area contributed by atoms with E-state index in [4.69, 9.17) is 9.97 Å².